The van der Waals surface area contributed by atoms with Crippen molar-refractivity contribution < 1.29 is 9.47 Å². The monoisotopic (exact) mass is 195 g/mol. The van der Waals surface area contributed by atoms with Crippen LogP contribution in [0.2, 0.25) is 0 Å². The second-order valence-electron chi connectivity index (χ2n) is 3.07. The summed E-state index contributed by atoms with van der Waals surface area (Å²) in [6.45, 7) is 0.955. The van der Waals surface area contributed by atoms with E-state index in [9.17, 15) is 0 Å². The number of rotatable bonds is 5. The first-order valence-electron chi connectivity index (χ1n) is 4.66. The van der Waals surface area contributed by atoms with E-state index in [2.05, 4.69) is 5.32 Å². The van der Waals surface area contributed by atoms with E-state index in [0.717, 1.165) is 24.5 Å². The molecule has 0 aliphatic rings. The van der Waals surface area contributed by atoms with Crippen molar-refractivity contribution in [1.29, 1.82) is 0 Å². The van der Waals surface area contributed by atoms with Gasteiger partial charge in [0.2, 0.25) is 0 Å². The Morgan fingerprint density at radius 2 is 1.64 bits per heavy atom. The summed E-state index contributed by atoms with van der Waals surface area (Å²) in [5, 5.41) is 3.11. The number of hydrogen-bond acceptors (Lipinski definition) is 3. The van der Waals surface area contributed by atoms with Crippen molar-refractivity contribution in [2.75, 3.05) is 27.8 Å². The van der Waals surface area contributed by atoms with Crippen LogP contribution in [-0.2, 0) is 6.42 Å². The van der Waals surface area contributed by atoms with E-state index in [1.54, 1.807) is 14.2 Å². The molecule has 78 valence electrons. The Hall–Kier alpha value is -1.22. The molecule has 0 radical (unpaired) electrons. The molecular formula is C11H17NO2. The molecule has 0 spiro atoms. The van der Waals surface area contributed by atoms with Crippen LogP contribution < -0.4 is 14.8 Å². The van der Waals surface area contributed by atoms with Crippen molar-refractivity contribution in [1.82, 2.24) is 5.32 Å². The van der Waals surface area contributed by atoms with Crippen LogP contribution in [-0.4, -0.2) is 27.8 Å². The average Bonchev–Trinajstić information content (AvgIpc) is 2.25. The molecule has 1 aromatic rings. The highest BCUT2D eigenvalue weighted by molar-refractivity contribution is 5.38. The first-order chi connectivity index (χ1) is 6.80. The summed E-state index contributed by atoms with van der Waals surface area (Å²) in [7, 11) is 5.27. The van der Waals surface area contributed by atoms with Gasteiger partial charge in [0.15, 0.2) is 0 Å². The van der Waals surface area contributed by atoms with Crippen LogP contribution >= 0.6 is 0 Å². The van der Waals surface area contributed by atoms with Gasteiger partial charge in [0.1, 0.15) is 11.5 Å². The first-order valence-corrected chi connectivity index (χ1v) is 4.66. The third-order valence-corrected chi connectivity index (χ3v) is 2.07. The highest BCUT2D eigenvalue weighted by atomic mass is 16.5. The fourth-order valence-corrected chi connectivity index (χ4v) is 1.28. The Bertz CT molecular complexity index is 264. The molecule has 1 N–H and O–H groups in total. The Kier molecular flexibility index (Phi) is 4.26. The fourth-order valence-electron chi connectivity index (χ4n) is 1.28. The number of methoxy groups -OCH3 is 2. The zero-order chi connectivity index (χ0) is 10.4. The predicted octanol–water partition coefficient (Wildman–Crippen LogP) is 1.47. The molecule has 14 heavy (non-hydrogen) atoms. The highest BCUT2D eigenvalue weighted by Gasteiger charge is 2.00. The van der Waals surface area contributed by atoms with E-state index in [1.165, 1.54) is 5.56 Å². The topological polar surface area (TPSA) is 30.5 Å². The molecule has 0 saturated heterocycles. The molecule has 3 nitrogen and oxygen atoms in total. The van der Waals surface area contributed by atoms with Crippen molar-refractivity contribution >= 4 is 0 Å². The zero-order valence-corrected chi connectivity index (χ0v) is 8.96. The van der Waals surface area contributed by atoms with E-state index < -0.39 is 0 Å². The molecule has 0 amide bonds. The summed E-state index contributed by atoms with van der Waals surface area (Å²) < 4.78 is 10.4. The van der Waals surface area contributed by atoms with Crippen LogP contribution in [0.3, 0.4) is 0 Å². The molecule has 1 rings (SSSR count). The summed E-state index contributed by atoms with van der Waals surface area (Å²) in [4.78, 5) is 0. The van der Waals surface area contributed by atoms with Crippen molar-refractivity contribution in [2.45, 2.75) is 6.42 Å². The fraction of sp³-hybridized carbons (Fsp3) is 0.455. The van der Waals surface area contributed by atoms with Crippen molar-refractivity contribution in [3.63, 3.8) is 0 Å². The molecule has 0 atom stereocenters. The first kappa shape index (κ1) is 10.9. The van der Waals surface area contributed by atoms with Gasteiger partial charge in [-0.25, -0.2) is 0 Å². The largest absolute Gasteiger partial charge is 0.497 e. The molecule has 0 bridgehead atoms. The lowest BCUT2D eigenvalue weighted by atomic mass is 10.1. The van der Waals surface area contributed by atoms with Gasteiger partial charge in [-0.1, -0.05) is 0 Å². The normalized spacial score (nSPS) is 9.93. The molecule has 0 saturated carbocycles. The van der Waals surface area contributed by atoms with Crippen LogP contribution in [0.15, 0.2) is 18.2 Å². The minimum absolute atomic E-state index is 0.843. The van der Waals surface area contributed by atoms with Gasteiger partial charge in [0, 0.05) is 6.07 Å². The molecule has 0 heterocycles. The van der Waals surface area contributed by atoms with Gasteiger partial charge in [-0.2, -0.15) is 0 Å². The second kappa shape index (κ2) is 5.50. The van der Waals surface area contributed by atoms with Crippen molar-refractivity contribution in [3.05, 3.63) is 23.8 Å². The SMILES string of the molecule is CNCCc1cc(OC)cc(OC)c1. The number of benzene rings is 1. The highest BCUT2D eigenvalue weighted by Crippen LogP contribution is 2.22. The van der Waals surface area contributed by atoms with Gasteiger partial charge in [-0.15, -0.1) is 0 Å². The Labute approximate surface area is 85.0 Å². The molecule has 0 aromatic heterocycles. The zero-order valence-electron chi connectivity index (χ0n) is 8.96. The summed E-state index contributed by atoms with van der Waals surface area (Å²) in [5.74, 6) is 1.69. The lowest BCUT2D eigenvalue weighted by Gasteiger charge is -2.07. The Morgan fingerprint density at radius 1 is 1.07 bits per heavy atom. The number of likely N-dealkylation sites (N-methyl/N-ethyl adjacent to an activating group) is 1. The molecule has 3 heteroatoms. The second-order valence-corrected chi connectivity index (χ2v) is 3.07. The molecule has 0 aliphatic heterocycles. The lowest BCUT2D eigenvalue weighted by Crippen LogP contribution is -2.10. The van der Waals surface area contributed by atoms with Crippen LogP contribution in [0, 0.1) is 0 Å². The predicted molar refractivity (Wildman–Crippen MR) is 57.2 cm³/mol. The minimum Gasteiger partial charge on any atom is -0.497 e. The number of hydrogen-bond donors (Lipinski definition) is 1. The average molecular weight is 195 g/mol. The molecule has 1 aromatic carbocycles. The quantitative estimate of drug-likeness (QED) is 0.771. The van der Waals surface area contributed by atoms with Crippen molar-refractivity contribution in [2.24, 2.45) is 0 Å². The third-order valence-electron chi connectivity index (χ3n) is 2.07. The Balaban J connectivity index is 2.81. The summed E-state index contributed by atoms with van der Waals surface area (Å²) in [6.07, 6.45) is 0.976. The van der Waals surface area contributed by atoms with Crippen LogP contribution in [0.4, 0.5) is 0 Å². The molecule has 0 fully saturated rings. The minimum atomic E-state index is 0.843. The van der Waals surface area contributed by atoms with Gasteiger partial charge in [0.25, 0.3) is 0 Å². The lowest BCUT2D eigenvalue weighted by molar-refractivity contribution is 0.393. The van der Waals surface area contributed by atoms with Gasteiger partial charge in [0.05, 0.1) is 14.2 Å². The Morgan fingerprint density at radius 3 is 2.07 bits per heavy atom. The van der Waals surface area contributed by atoms with E-state index >= 15 is 0 Å². The maximum absolute atomic E-state index is 5.18. The van der Waals surface area contributed by atoms with Gasteiger partial charge >= 0.3 is 0 Å². The molecule has 0 unspecified atom stereocenters. The van der Waals surface area contributed by atoms with Crippen LogP contribution in [0.5, 0.6) is 11.5 Å². The maximum Gasteiger partial charge on any atom is 0.122 e. The van der Waals surface area contributed by atoms with E-state index in [4.69, 9.17) is 9.47 Å². The summed E-state index contributed by atoms with van der Waals surface area (Å²) in [5.41, 5.74) is 1.22. The smallest absolute Gasteiger partial charge is 0.122 e. The third kappa shape index (κ3) is 2.92. The molecule has 0 aliphatic carbocycles. The van der Waals surface area contributed by atoms with E-state index in [0.29, 0.717) is 0 Å². The van der Waals surface area contributed by atoms with Crippen LogP contribution in [0.1, 0.15) is 5.56 Å². The number of nitrogens with one attached hydrogen (secondary N) is 1. The number of ether oxygens (including phenoxy) is 2. The van der Waals surface area contributed by atoms with Gasteiger partial charge in [-0.3, -0.25) is 0 Å². The van der Waals surface area contributed by atoms with E-state index in [-0.39, 0.29) is 0 Å². The summed E-state index contributed by atoms with van der Waals surface area (Å²) >= 11 is 0. The maximum atomic E-state index is 5.18. The van der Waals surface area contributed by atoms with Crippen molar-refractivity contribution in [3.8, 4) is 11.5 Å². The van der Waals surface area contributed by atoms with Crippen LogP contribution in [0.25, 0.3) is 0 Å². The van der Waals surface area contributed by atoms with Gasteiger partial charge in [-0.05, 0) is 37.7 Å². The van der Waals surface area contributed by atoms with E-state index in [1.807, 2.05) is 25.2 Å². The van der Waals surface area contributed by atoms with Gasteiger partial charge < -0.3 is 14.8 Å². The summed E-state index contributed by atoms with van der Waals surface area (Å²) in [6, 6.07) is 5.93. The molecular weight excluding hydrogens is 178 g/mol. The standard InChI is InChI=1S/C11H17NO2/c1-12-5-4-9-6-10(13-2)8-11(7-9)14-3/h6-8,12H,4-5H2,1-3H3.